The Bertz CT molecular complexity index is 791. The highest BCUT2D eigenvalue weighted by atomic mass is 127. The van der Waals surface area contributed by atoms with Crippen LogP contribution in [0.3, 0.4) is 0 Å². The smallest absolute Gasteiger partial charge is 0.230 e. The molecule has 3 rings (SSSR count). The maximum absolute atomic E-state index is 12.8. The van der Waals surface area contributed by atoms with E-state index < -0.39 is 0 Å². The third kappa shape index (κ3) is 5.96. The number of fused-ring (bicyclic) bond motifs is 1. The lowest BCUT2D eigenvalue weighted by Gasteiger charge is -2.31. The van der Waals surface area contributed by atoms with Gasteiger partial charge in [0.05, 0.1) is 19.1 Å². The van der Waals surface area contributed by atoms with Gasteiger partial charge in [-0.25, -0.2) is 4.99 Å². The summed E-state index contributed by atoms with van der Waals surface area (Å²) >= 11 is 0. The Morgan fingerprint density at radius 3 is 2.61 bits per heavy atom. The van der Waals surface area contributed by atoms with Crippen LogP contribution in [0, 0.1) is 5.41 Å². The summed E-state index contributed by atoms with van der Waals surface area (Å²) < 4.78 is 11.5. The minimum Gasteiger partial charge on any atom is -0.496 e. The van der Waals surface area contributed by atoms with E-state index in [-0.39, 0.29) is 41.4 Å². The fourth-order valence-corrected chi connectivity index (χ4v) is 4.55. The number of hydrogen-bond donors (Lipinski definition) is 2. The van der Waals surface area contributed by atoms with Gasteiger partial charge in [0.25, 0.3) is 0 Å². The second-order valence-corrected chi connectivity index (χ2v) is 8.64. The van der Waals surface area contributed by atoms with Gasteiger partial charge in [-0.3, -0.25) is 4.79 Å². The molecule has 0 radical (unpaired) electrons. The standard InChI is InChI=1S/C23H36N4O3.HI/c1-6-24-22(26-15-23(9-7-8-10-23)21(28)27(3)4)25-14-18-13-20-17(11-16(2)30-20)12-19(18)29-5;/h12-13,16H,6-11,14-15H2,1-5H3,(H2,24,25,26);1H. The van der Waals surface area contributed by atoms with E-state index in [1.807, 2.05) is 27.1 Å². The number of nitrogens with one attached hydrogen (secondary N) is 2. The van der Waals surface area contributed by atoms with Gasteiger partial charge in [0.2, 0.25) is 5.91 Å². The zero-order valence-corrected chi connectivity index (χ0v) is 21.7. The second-order valence-electron chi connectivity index (χ2n) is 8.64. The van der Waals surface area contributed by atoms with Gasteiger partial charge < -0.3 is 25.0 Å². The second kappa shape index (κ2) is 11.2. The molecule has 1 saturated carbocycles. The van der Waals surface area contributed by atoms with Gasteiger partial charge in [-0.1, -0.05) is 12.8 Å². The first-order chi connectivity index (χ1) is 14.4. The number of benzene rings is 1. The number of halogens is 1. The number of amides is 1. The van der Waals surface area contributed by atoms with Gasteiger partial charge in [-0.05, 0) is 38.8 Å². The first kappa shape index (κ1) is 25.5. The lowest BCUT2D eigenvalue weighted by atomic mass is 9.84. The summed E-state index contributed by atoms with van der Waals surface area (Å²) in [4.78, 5) is 19.3. The molecule has 0 spiro atoms. The number of rotatable bonds is 7. The molecule has 1 amide bonds. The zero-order valence-electron chi connectivity index (χ0n) is 19.4. The summed E-state index contributed by atoms with van der Waals surface area (Å²) in [6.07, 6.45) is 5.13. The average molecular weight is 544 g/mol. The maximum Gasteiger partial charge on any atom is 0.230 e. The molecule has 7 nitrogen and oxygen atoms in total. The van der Waals surface area contributed by atoms with Gasteiger partial charge in [-0.2, -0.15) is 0 Å². The minimum absolute atomic E-state index is 0. The Morgan fingerprint density at radius 2 is 2.00 bits per heavy atom. The molecule has 1 aromatic rings. The molecular formula is C23H37IN4O3. The molecule has 1 aromatic carbocycles. The topological polar surface area (TPSA) is 75.2 Å². The van der Waals surface area contributed by atoms with Crippen molar-refractivity contribution in [3.8, 4) is 11.5 Å². The molecule has 174 valence electrons. The third-order valence-electron chi connectivity index (χ3n) is 6.07. The van der Waals surface area contributed by atoms with Crippen LogP contribution in [0.1, 0.15) is 50.7 Å². The third-order valence-corrected chi connectivity index (χ3v) is 6.07. The van der Waals surface area contributed by atoms with E-state index in [0.29, 0.717) is 19.0 Å². The molecule has 0 bridgehead atoms. The number of ether oxygens (including phenoxy) is 2. The van der Waals surface area contributed by atoms with Crippen molar-refractivity contribution in [2.45, 2.75) is 58.6 Å². The van der Waals surface area contributed by atoms with E-state index in [9.17, 15) is 4.79 Å². The monoisotopic (exact) mass is 544 g/mol. The van der Waals surface area contributed by atoms with Crippen LogP contribution in [-0.4, -0.2) is 57.2 Å². The van der Waals surface area contributed by atoms with E-state index in [1.165, 1.54) is 5.56 Å². The van der Waals surface area contributed by atoms with E-state index in [1.54, 1.807) is 12.0 Å². The molecule has 31 heavy (non-hydrogen) atoms. The lowest BCUT2D eigenvalue weighted by molar-refractivity contribution is -0.138. The van der Waals surface area contributed by atoms with Crippen LogP contribution in [0.25, 0.3) is 0 Å². The predicted octanol–water partition coefficient (Wildman–Crippen LogP) is 3.34. The van der Waals surface area contributed by atoms with E-state index in [2.05, 4.69) is 23.6 Å². The van der Waals surface area contributed by atoms with Crippen LogP contribution in [0.4, 0.5) is 0 Å². The van der Waals surface area contributed by atoms with E-state index >= 15 is 0 Å². The molecule has 1 fully saturated rings. The fraction of sp³-hybridized carbons (Fsp3) is 0.652. The van der Waals surface area contributed by atoms with Crippen LogP contribution < -0.4 is 20.1 Å². The predicted molar refractivity (Wildman–Crippen MR) is 135 cm³/mol. The first-order valence-corrected chi connectivity index (χ1v) is 11.0. The Balaban J connectivity index is 0.00000341. The molecule has 2 N–H and O–H groups in total. The largest absolute Gasteiger partial charge is 0.496 e. The highest BCUT2D eigenvalue weighted by Crippen LogP contribution is 2.39. The molecule has 1 atom stereocenters. The average Bonchev–Trinajstić information content (AvgIpc) is 3.34. The van der Waals surface area contributed by atoms with Crippen molar-refractivity contribution in [3.63, 3.8) is 0 Å². The zero-order chi connectivity index (χ0) is 21.7. The van der Waals surface area contributed by atoms with Gasteiger partial charge in [-0.15, -0.1) is 24.0 Å². The molecule has 2 aliphatic rings. The minimum atomic E-state index is -0.338. The van der Waals surface area contributed by atoms with Gasteiger partial charge >= 0.3 is 0 Å². The first-order valence-electron chi connectivity index (χ1n) is 11.0. The summed E-state index contributed by atoms with van der Waals surface area (Å²) in [6, 6.07) is 4.10. The number of methoxy groups -OCH3 is 1. The van der Waals surface area contributed by atoms with Gasteiger partial charge in [0, 0.05) is 44.7 Å². The van der Waals surface area contributed by atoms with E-state index in [4.69, 9.17) is 14.5 Å². The molecule has 0 aromatic heterocycles. The number of nitrogens with zero attached hydrogens (tertiary/aromatic N) is 2. The number of carbonyl (C=O) groups is 1. The van der Waals surface area contributed by atoms with Crippen LogP contribution >= 0.6 is 24.0 Å². The summed E-state index contributed by atoms with van der Waals surface area (Å²) in [5, 5.41) is 6.73. The SMILES string of the molecule is CCNC(=NCc1cc2c(cc1OC)CC(C)O2)NCC1(C(=O)N(C)C)CCCC1.I. The summed E-state index contributed by atoms with van der Waals surface area (Å²) in [5.74, 6) is 2.68. The Labute approximate surface area is 203 Å². The maximum atomic E-state index is 12.8. The summed E-state index contributed by atoms with van der Waals surface area (Å²) in [6.45, 7) is 5.93. The quantitative estimate of drug-likeness (QED) is 0.313. The molecule has 1 unspecified atom stereocenters. The number of hydrogen-bond acceptors (Lipinski definition) is 4. The Kier molecular flexibility index (Phi) is 9.27. The number of aliphatic imine (C=N–C) groups is 1. The molecule has 1 heterocycles. The van der Waals surface area contributed by atoms with Crippen molar-refractivity contribution >= 4 is 35.8 Å². The molecule has 8 heteroatoms. The number of guanidine groups is 1. The van der Waals surface area contributed by atoms with E-state index in [0.717, 1.165) is 55.7 Å². The molecular weight excluding hydrogens is 507 g/mol. The summed E-state index contributed by atoms with van der Waals surface area (Å²) in [7, 11) is 5.36. The van der Waals surface area contributed by atoms with Crippen molar-refractivity contribution in [3.05, 3.63) is 23.3 Å². The Morgan fingerprint density at radius 1 is 1.29 bits per heavy atom. The van der Waals surface area contributed by atoms with Crippen LogP contribution in [-0.2, 0) is 17.8 Å². The summed E-state index contributed by atoms with van der Waals surface area (Å²) in [5.41, 5.74) is 1.83. The van der Waals surface area contributed by atoms with Crippen molar-refractivity contribution in [2.75, 3.05) is 34.3 Å². The van der Waals surface area contributed by atoms with Crippen molar-refractivity contribution < 1.29 is 14.3 Å². The molecule has 1 aliphatic carbocycles. The van der Waals surface area contributed by atoms with Crippen molar-refractivity contribution in [1.29, 1.82) is 0 Å². The van der Waals surface area contributed by atoms with Gasteiger partial charge in [0.15, 0.2) is 5.96 Å². The fourth-order valence-electron chi connectivity index (χ4n) is 4.55. The van der Waals surface area contributed by atoms with Crippen LogP contribution in [0.15, 0.2) is 17.1 Å². The normalized spacial score (nSPS) is 19.1. The highest BCUT2D eigenvalue weighted by molar-refractivity contribution is 14.0. The molecule has 0 saturated heterocycles. The highest BCUT2D eigenvalue weighted by Gasteiger charge is 2.42. The van der Waals surface area contributed by atoms with Gasteiger partial charge in [0.1, 0.15) is 17.6 Å². The van der Waals surface area contributed by atoms with Crippen LogP contribution in [0.2, 0.25) is 0 Å². The number of carbonyl (C=O) groups excluding carboxylic acids is 1. The lowest BCUT2D eigenvalue weighted by Crippen LogP contribution is -2.49. The van der Waals surface area contributed by atoms with Crippen LogP contribution in [0.5, 0.6) is 11.5 Å². The molecule has 1 aliphatic heterocycles. The van der Waals surface area contributed by atoms with Crippen molar-refractivity contribution in [1.82, 2.24) is 15.5 Å². The van der Waals surface area contributed by atoms with Crippen molar-refractivity contribution in [2.24, 2.45) is 10.4 Å². The Hall–Kier alpha value is -1.71.